The molecule has 0 N–H and O–H groups in total. The molecule has 1 aromatic rings. The number of Topliss-reactive ketones (excluding diaryl/α,β-unsaturated/α-hetero) is 1. The fourth-order valence-electron chi connectivity index (χ4n) is 1.88. The van der Waals surface area contributed by atoms with E-state index in [1.807, 2.05) is 19.0 Å². The maximum atomic E-state index is 12.3. The second-order valence-electron chi connectivity index (χ2n) is 4.67. The molecule has 0 bridgehead atoms. The highest BCUT2D eigenvalue weighted by Crippen LogP contribution is 2.20. The zero-order chi connectivity index (χ0) is 13.8. The van der Waals surface area contributed by atoms with Crippen molar-refractivity contribution in [2.45, 2.75) is 19.3 Å². The lowest BCUT2D eigenvalue weighted by Gasteiger charge is -2.13. The number of nitrogens with zero attached hydrogens (tertiary/aromatic N) is 3. The Hall–Kier alpha value is -0.760. The molecule has 106 valence electrons. The smallest absolute Gasteiger partial charge is 0.187 e. The molecule has 0 aromatic carbocycles. The fourth-order valence-corrected chi connectivity index (χ4v) is 2.39. The van der Waals surface area contributed by atoms with Crippen molar-refractivity contribution in [1.29, 1.82) is 0 Å². The average Bonchev–Trinajstić information content (AvgIpc) is 2.96. The molecular weight excluding hydrogens is 314 g/mol. The van der Waals surface area contributed by atoms with E-state index in [-0.39, 0.29) is 12.2 Å². The van der Waals surface area contributed by atoms with E-state index >= 15 is 0 Å². The van der Waals surface area contributed by atoms with Crippen LogP contribution in [0.1, 0.15) is 16.9 Å². The summed E-state index contributed by atoms with van der Waals surface area (Å²) < 4.78 is 13.0. The second kappa shape index (κ2) is 6.60. The molecule has 1 aliphatic rings. The number of likely N-dealkylation sites (N-methyl/N-ethyl adjacent to an activating group) is 1. The summed E-state index contributed by atoms with van der Waals surface area (Å²) in [6.45, 7) is 2.61. The summed E-state index contributed by atoms with van der Waals surface area (Å²) in [6, 6.07) is 0. The van der Waals surface area contributed by atoms with Crippen LogP contribution in [-0.4, -0.2) is 60.6 Å². The molecule has 19 heavy (non-hydrogen) atoms. The third kappa shape index (κ3) is 3.85. The summed E-state index contributed by atoms with van der Waals surface area (Å²) in [6.07, 6.45) is 1.46. The SMILES string of the molecule is CN(C)CCn1ncc(Br)c1C(=O)CC1OCCO1. The van der Waals surface area contributed by atoms with Crippen LogP contribution in [0.2, 0.25) is 0 Å². The standard InChI is InChI=1S/C12H18BrN3O3/c1-15(2)3-4-16-12(9(13)8-14-16)10(17)7-11-18-5-6-19-11/h8,11H,3-7H2,1-2H3. The summed E-state index contributed by atoms with van der Waals surface area (Å²) in [4.78, 5) is 14.3. The number of halogens is 1. The molecule has 0 unspecified atom stereocenters. The molecule has 1 saturated heterocycles. The Kier molecular flexibility index (Phi) is 5.09. The Morgan fingerprint density at radius 2 is 2.21 bits per heavy atom. The molecule has 6 nitrogen and oxygen atoms in total. The van der Waals surface area contributed by atoms with Crippen LogP contribution < -0.4 is 0 Å². The number of ether oxygens (including phenoxy) is 2. The molecule has 7 heteroatoms. The molecule has 2 heterocycles. The van der Waals surface area contributed by atoms with E-state index in [4.69, 9.17) is 9.47 Å². The Morgan fingerprint density at radius 3 is 2.84 bits per heavy atom. The first-order chi connectivity index (χ1) is 9.08. The lowest BCUT2D eigenvalue weighted by Crippen LogP contribution is -2.23. The van der Waals surface area contributed by atoms with E-state index < -0.39 is 6.29 Å². The van der Waals surface area contributed by atoms with Gasteiger partial charge in [0.25, 0.3) is 0 Å². The first-order valence-corrected chi connectivity index (χ1v) is 6.99. The minimum atomic E-state index is -0.420. The van der Waals surface area contributed by atoms with Gasteiger partial charge < -0.3 is 14.4 Å². The molecule has 0 aliphatic carbocycles. The Balaban J connectivity index is 2.04. The number of hydrogen-bond acceptors (Lipinski definition) is 5. The third-order valence-corrected chi connectivity index (χ3v) is 3.44. The predicted molar refractivity (Wildman–Crippen MR) is 73.1 cm³/mol. The van der Waals surface area contributed by atoms with Crippen molar-refractivity contribution in [1.82, 2.24) is 14.7 Å². The van der Waals surface area contributed by atoms with E-state index in [2.05, 4.69) is 21.0 Å². The lowest BCUT2D eigenvalue weighted by molar-refractivity contribution is -0.0409. The van der Waals surface area contributed by atoms with Crippen molar-refractivity contribution in [3.8, 4) is 0 Å². The molecule has 1 fully saturated rings. The summed E-state index contributed by atoms with van der Waals surface area (Å²) in [7, 11) is 3.97. The molecule has 1 aromatic heterocycles. The first-order valence-electron chi connectivity index (χ1n) is 6.20. The van der Waals surface area contributed by atoms with Gasteiger partial charge in [0.05, 0.1) is 36.8 Å². The molecule has 0 atom stereocenters. The summed E-state index contributed by atoms with van der Waals surface area (Å²) in [5.74, 6) is -0.0185. The van der Waals surface area contributed by atoms with E-state index in [1.54, 1.807) is 10.9 Å². The zero-order valence-electron chi connectivity index (χ0n) is 11.1. The van der Waals surface area contributed by atoms with Crippen LogP contribution >= 0.6 is 15.9 Å². The number of carbonyl (C=O) groups excluding carboxylic acids is 1. The van der Waals surface area contributed by atoms with Crippen LogP contribution in [0.3, 0.4) is 0 Å². The van der Waals surface area contributed by atoms with Gasteiger partial charge in [0, 0.05) is 6.54 Å². The van der Waals surface area contributed by atoms with Crippen LogP contribution in [0.15, 0.2) is 10.7 Å². The summed E-state index contributed by atoms with van der Waals surface area (Å²) in [5.41, 5.74) is 0.584. The van der Waals surface area contributed by atoms with Gasteiger partial charge in [0.2, 0.25) is 0 Å². The van der Waals surface area contributed by atoms with Crippen molar-refractivity contribution >= 4 is 21.7 Å². The van der Waals surface area contributed by atoms with Crippen LogP contribution in [0.5, 0.6) is 0 Å². The largest absolute Gasteiger partial charge is 0.350 e. The highest BCUT2D eigenvalue weighted by atomic mass is 79.9. The molecule has 1 aliphatic heterocycles. The van der Waals surface area contributed by atoms with Gasteiger partial charge in [-0.15, -0.1) is 0 Å². The maximum Gasteiger partial charge on any atom is 0.187 e. The van der Waals surface area contributed by atoms with Crippen molar-refractivity contribution in [2.24, 2.45) is 0 Å². The lowest BCUT2D eigenvalue weighted by atomic mass is 10.2. The topological polar surface area (TPSA) is 56.6 Å². The molecule has 0 saturated carbocycles. The second-order valence-corrected chi connectivity index (χ2v) is 5.52. The number of carbonyl (C=O) groups is 1. The van der Waals surface area contributed by atoms with Crippen molar-refractivity contribution in [3.63, 3.8) is 0 Å². The number of rotatable bonds is 6. The first kappa shape index (κ1) is 14.6. The quantitative estimate of drug-likeness (QED) is 0.732. The summed E-state index contributed by atoms with van der Waals surface area (Å²) >= 11 is 3.37. The van der Waals surface area contributed by atoms with Gasteiger partial charge in [-0.3, -0.25) is 9.48 Å². The number of aromatic nitrogens is 2. The molecule has 0 spiro atoms. The van der Waals surface area contributed by atoms with Crippen molar-refractivity contribution in [3.05, 3.63) is 16.4 Å². The maximum absolute atomic E-state index is 12.3. The number of ketones is 1. The van der Waals surface area contributed by atoms with Gasteiger partial charge in [-0.1, -0.05) is 0 Å². The van der Waals surface area contributed by atoms with Gasteiger partial charge in [-0.05, 0) is 30.0 Å². The van der Waals surface area contributed by atoms with Gasteiger partial charge in [0.15, 0.2) is 12.1 Å². The average molecular weight is 332 g/mol. The van der Waals surface area contributed by atoms with Crippen LogP contribution in [0.25, 0.3) is 0 Å². The van der Waals surface area contributed by atoms with E-state index in [0.717, 1.165) is 6.54 Å². The zero-order valence-corrected chi connectivity index (χ0v) is 12.7. The number of hydrogen-bond donors (Lipinski definition) is 0. The van der Waals surface area contributed by atoms with Crippen LogP contribution in [0, 0.1) is 0 Å². The van der Waals surface area contributed by atoms with Gasteiger partial charge in [0.1, 0.15) is 5.69 Å². The Labute approximate surface area is 120 Å². The Morgan fingerprint density at radius 1 is 1.53 bits per heavy atom. The molecule has 0 amide bonds. The third-order valence-electron chi connectivity index (χ3n) is 2.86. The van der Waals surface area contributed by atoms with Crippen LogP contribution in [-0.2, 0) is 16.0 Å². The highest BCUT2D eigenvalue weighted by molar-refractivity contribution is 9.10. The molecular formula is C12H18BrN3O3. The van der Waals surface area contributed by atoms with Crippen LogP contribution in [0.4, 0.5) is 0 Å². The Bertz CT molecular complexity index is 441. The van der Waals surface area contributed by atoms with E-state index in [0.29, 0.717) is 29.9 Å². The minimum Gasteiger partial charge on any atom is -0.350 e. The summed E-state index contributed by atoms with van der Waals surface area (Å²) in [5, 5.41) is 4.22. The predicted octanol–water partition coefficient (Wildman–Crippen LogP) is 1.15. The minimum absolute atomic E-state index is 0.0185. The van der Waals surface area contributed by atoms with E-state index in [1.165, 1.54) is 0 Å². The van der Waals surface area contributed by atoms with Crippen molar-refractivity contribution < 1.29 is 14.3 Å². The fraction of sp³-hybridized carbons (Fsp3) is 0.667. The van der Waals surface area contributed by atoms with Gasteiger partial charge in [-0.25, -0.2) is 0 Å². The van der Waals surface area contributed by atoms with Gasteiger partial charge >= 0.3 is 0 Å². The molecule has 2 rings (SSSR count). The van der Waals surface area contributed by atoms with E-state index in [9.17, 15) is 4.79 Å². The normalized spacial score (nSPS) is 16.4. The monoisotopic (exact) mass is 331 g/mol. The van der Waals surface area contributed by atoms with Gasteiger partial charge in [-0.2, -0.15) is 5.10 Å². The van der Waals surface area contributed by atoms with Crippen molar-refractivity contribution in [2.75, 3.05) is 33.9 Å². The molecule has 0 radical (unpaired) electrons. The highest BCUT2D eigenvalue weighted by Gasteiger charge is 2.24.